The maximum Gasteiger partial charge on any atom is 0.339 e. The van der Waals surface area contributed by atoms with Crippen molar-refractivity contribution in [3.8, 4) is 0 Å². The minimum absolute atomic E-state index is 0.0220. The first-order chi connectivity index (χ1) is 16.3. The first-order valence-electron chi connectivity index (χ1n) is 12.0. The lowest BCUT2D eigenvalue weighted by Crippen LogP contribution is -2.64. The number of primary amides is 1. The number of Topliss-reactive ketones (excluding diaryl/α,β-unsaturated/α-hetero) is 1. The monoisotopic (exact) mass is 494 g/mol. The highest BCUT2D eigenvalue weighted by Crippen LogP contribution is 2.67. The Hall–Kier alpha value is -2.34. The Balaban J connectivity index is 1.68. The number of esters is 1. The molecule has 0 saturated heterocycles. The van der Waals surface area contributed by atoms with E-state index < -0.39 is 65.5 Å². The molecule has 1 unspecified atom stereocenters. The van der Waals surface area contributed by atoms with E-state index >= 15 is 0 Å². The summed E-state index contributed by atoms with van der Waals surface area (Å²) in [6, 6.07) is -1.22. The van der Waals surface area contributed by atoms with Crippen molar-refractivity contribution < 1.29 is 44.4 Å². The Morgan fingerprint density at radius 2 is 1.94 bits per heavy atom. The predicted molar refractivity (Wildman–Crippen MR) is 118 cm³/mol. The molecule has 35 heavy (non-hydrogen) atoms. The van der Waals surface area contributed by atoms with Crippen molar-refractivity contribution in [3.63, 3.8) is 0 Å². The number of amides is 2. The number of hydrogen-bond acceptors (Lipinski definition) is 9. The van der Waals surface area contributed by atoms with E-state index in [1.807, 2.05) is 6.92 Å². The van der Waals surface area contributed by atoms with E-state index in [-0.39, 0.29) is 41.9 Å². The van der Waals surface area contributed by atoms with Crippen molar-refractivity contribution in [3.05, 3.63) is 11.6 Å². The third-order valence-electron chi connectivity index (χ3n) is 9.54. The number of nitrogens with two attached hydrogens (primary N) is 1. The molecule has 3 fully saturated rings. The lowest BCUT2D eigenvalue weighted by Gasteiger charge is -2.61. The number of aliphatic hydroxyl groups excluding tert-OH is 2. The van der Waals surface area contributed by atoms with Crippen LogP contribution in [-0.2, 0) is 19.1 Å². The first kappa shape index (κ1) is 25.7. The molecule has 6 N–H and O–H groups in total. The molecular formula is C24H34N2O9. The van der Waals surface area contributed by atoms with Crippen LogP contribution in [-0.4, -0.2) is 80.1 Å². The normalized spacial score (nSPS) is 42.3. The van der Waals surface area contributed by atoms with Gasteiger partial charge in [-0.15, -0.1) is 0 Å². The molecular weight excluding hydrogens is 460 g/mol. The number of rotatable bonds is 5. The van der Waals surface area contributed by atoms with Crippen LogP contribution < -0.4 is 5.73 Å². The number of hydroxylamine groups is 2. The molecule has 11 heteroatoms. The molecule has 8 atom stereocenters. The van der Waals surface area contributed by atoms with Crippen LogP contribution in [0.2, 0.25) is 0 Å². The molecule has 11 nitrogen and oxygen atoms in total. The Morgan fingerprint density at radius 1 is 1.26 bits per heavy atom. The molecule has 0 bridgehead atoms. The van der Waals surface area contributed by atoms with Crippen LogP contribution >= 0.6 is 0 Å². The fourth-order valence-corrected chi connectivity index (χ4v) is 7.86. The molecule has 0 aromatic heterocycles. The van der Waals surface area contributed by atoms with Gasteiger partial charge in [0.15, 0.2) is 11.6 Å². The standard InChI is InChI=1S/C24H34N2O9/c1-22-9-16(29)20-14(15(22)5-6-24(22,33)17(30)11-27)4-3-12-7-13(28)8-18(23(12,20)2)35-19(31)10-26(34)21(25)32/h7,14-16,18,20,27,29,33-34H,3-6,8-11H2,1-2H3,(H2,25,32)/t14-,15-,16-,18?,20+,22-,23+,24-/m0/s1. The van der Waals surface area contributed by atoms with Gasteiger partial charge in [0.2, 0.25) is 0 Å². The van der Waals surface area contributed by atoms with Gasteiger partial charge in [0, 0.05) is 23.2 Å². The summed E-state index contributed by atoms with van der Waals surface area (Å²) in [7, 11) is 0. The molecule has 4 rings (SSSR count). The number of hydrogen-bond donors (Lipinski definition) is 5. The number of fused-ring (bicyclic) bond motifs is 5. The van der Waals surface area contributed by atoms with Gasteiger partial charge in [-0.05, 0) is 50.0 Å². The van der Waals surface area contributed by atoms with E-state index in [4.69, 9.17) is 10.5 Å². The third kappa shape index (κ3) is 3.71. The lowest BCUT2D eigenvalue weighted by atomic mass is 9.44. The van der Waals surface area contributed by atoms with Crippen LogP contribution in [0.5, 0.6) is 0 Å². The van der Waals surface area contributed by atoms with Gasteiger partial charge in [0.05, 0.1) is 6.10 Å². The SMILES string of the molecule is C[C@]12C[C@H](O)[C@H]3[C@@H](CCC4=CC(=O)CC(OC(=O)CN(O)C(N)=O)[C@@]43C)[C@@H]1CC[C@]2(O)C(=O)CO. The topological polar surface area (TPSA) is 188 Å². The average Bonchev–Trinajstić information content (AvgIpc) is 3.04. The summed E-state index contributed by atoms with van der Waals surface area (Å²) in [5.74, 6) is -2.46. The lowest BCUT2D eigenvalue weighted by molar-refractivity contribution is -0.199. The summed E-state index contributed by atoms with van der Waals surface area (Å²) >= 11 is 0. The Kier molecular flexibility index (Phi) is 6.36. The summed E-state index contributed by atoms with van der Waals surface area (Å²) in [5.41, 5.74) is 2.17. The molecule has 0 aromatic carbocycles. The van der Waals surface area contributed by atoms with Gasteiger partial charge in [0.25, 0.3) is 0 Å². The van der Waals surface area contributed by atoms with Crippen LogP contribution in [0.1, 0.15) is 52.4 Å². The molecule has 0 radical (unpaired) electrons. The zero-order chi connectivity index (χ0) is 25.9. The van der Waals surface area contributed by atoms with E-state index in [0.29, 0.717) is 19.3 Å². The van der Waals surface area contributed by atoms with Gasteiger partial charge in [-0.1, -0.05) is 19.4 Å². The zero-order valence-electron chi connectivity index (χ0n) is 20.0. The van der Waals surface area contributed by atoms with Gasteiger partial charge in [0.1, 0.15) is 24.9 Å². The molecule has 4 aliphatic carbocycles. The van der Waals surface area contributed by atoms with Gasteiger partial charge in [-0.2, -0.15) is 5.06 Å². The number of ether oxygens (including phenoxy) is 1. The van der Waals surface area contributed by atoms with E-state index in [1.165, 1.54) is 0 Å². The minimum Gasteiger partial charge on any atom is -0.460 e. The van der Waals surface area contributed by atoms with Gasteiger partial charge < -0.3 is 25.8 Å². The van der Waals surface area contributed by atoms with E-state index in [1.54, 1.807) is 13.0 Å². The molecule has 0 heterocycles. The van der Waals surface area contributed by atoms with Gasteiger partial charge in [-0.25, -0.2) is 4.79 Å². The number of ketones is 2. The van der Waals surface area contributed by atoms with Crippen molar-refractivity contribution >= 4 is 23.6 Å². The third-order valence-corrected chi connectivity index (χ3v) is 9.54. The summed E-state index contributed by atoms with van der Waals surface area (Å²) < 4.78 is 5.63. The van der Waals surface area contributed by atoms with E-state index in [2.05, 4.69) is 0 Å². The largest absolute Gasteiger partial charge is 0.460 e. The van der Waals surface area contributed by atoms with Crippen molar-refractivity contribution in [2.75, 3.05) is 13.2 Å². The molecule has 0 spiro atoms. The van der Waals surface area contributed by atoms with Gasteiger partial charge in [-0.3, -0.25) is 19.6 Å². The molecule has 0 aliphatic heterocycles. The maximum absolute atomic E-state index is 12.6. The fourth-order valence-electron chi connectivity index (χ4n) is 7.86. The second-order valence-corrected chi connectivity index (χ2v) is 11.0. The van der Waals surface area contributed by atoms with Gasteiger partial charge >= 0.3 is 12.0 Å². The second kappa shape index (κ2) is 8.65. The highest BCUT2D eigenvalue weighted by molar-refractivity contribution is 5.93. The van der Waals surface area contributed by atoms with Crippen LogP contribution in [0.15, 0.2) is 11.6 Å². The Labute approximate surface area is 202 Å². The Bertz CT molecular complexity index is 982. The number of carbonyl (C=O) groups is 4. The van der Waals surface area contributed by atoms with Crippen LogP contribution in [0.4, 0.5) is 4.79 Å². The van der Waals surface area contributed by atoms with Crippen molar-refractivity contribution in [1.29, 1.82) is 0 Å². The molecule has 194 valence electrons. The summed E-state index contributed by atoms with van der Waals surface area (Å²) in [4.78, 5) is 48.6. The summed E-state index contributed by atoms with van der Waals surface area (Å²) in [6.45, 7) is 2.08. The number of aliphatic hydroxyl groups is 3. The highest BCUT2D eigenvalue weighted by atomic mass is 16.6. The van der Waals surface area contributed by atoms with Crippen molar-refractivity contribution in [2.45, 2.75) is 70.2 Å². The Morgan fingerprint density at radius 3 is 2.57 bits per heavy atom. The van der Waals surface area contributed by atoms with Crippen LogP contribution in [0.3, 0.4) is 0 Å². The maximum atomic E-state index is 12.6. The number of urea groups is 1. The summed E-state index contributed by atoms with van der Waals surface area (Å²) in [5, 5.41) is 41.9. The van der Waals surface area contributed by atoms with E-state index in [9.17, 15) is 39.7 Å². The quantitative estimate of drug-likeness (QED) is 0.200. The second-order valence-electron chi connectivity index (χ2n) is 11.0. The molecule has 3 saturated carbocycles. The van der Waals surface area contributed by atoms with Crippen LogP contribution in [0.25, 0.3) is 0 Å². The van der Waals surface area contributed by atoms with Crippen molar-refractivity contribution in [1.82, 2.24) is 5.06 Å². The highest BCUT2D eigenvalue weighted by Gasteiger charge is 2.69. The van der Waals surface area contributed by atoms with Crippen molar-refractivity contribution in [2.24, 2.45) is 34.3 Å². The minimum atomic E-state index is -1.73. The number of nitrogens with zero attached hydrogens (tertiary/aromatic N) is 1. The van der Waals surface area contributed by atoms with Crippen LogP contribution in [0, 0.1) is 28.6 Å². The molecule has 2 amide bonds. The number of carbonyl (C=O) groups excluding carboxylic acids is 4. The predicted octanol–water partition coefficient (Wildman–Crippen LogP) is 0.0732. The smallest absolute Gasteiger partial charge is 0.339 e. The molecule has 0 aromatic rings. The van der Waals surface area contributed by atoms with E-state index in [0.717, 1.165) is 5.57 Å². The zero-order valence-corrected chi connectivity index (χ0v) is 20.0. The fraction of sp³-hybridized carbons (Fsp3) is 0.750. The first-order valence-corrected chi connectivity index (χ1v) is 12.0. The summed E-state index contributed by atoms with van der Waals surface area (Å²) in [6.07, 6.45) is 1.55. The molecule has 4 aliphatic rings. The average molecular weight is 495 g/mol.